The summed E-state index contributed by atoms with van der Waals surface area (Å²) in [5.41, 5.74) is 5.04. The number of nitrogens with zero attached hydrogens (tertiary/aromatic N) is 2. The van der Waals surface area contributed by atoms with Crippen LogP contribution in [0.2, 0.25) is 0 Å². The van der Waals surface area contributed by atoms with Crippen LogP contribution < -0.4 is 11.4 Å². The van der Waals surface area contributed by atoms with Gasteiger partial charge in [-0.25, -0.2) is 18.8 Å². The van der Waals surface area contributed by atoms with Gasteiger partial charge in [0.25, 0.3) is 0 Å². The maximum Gasteiger partial charge on any atom is 0.351 e. The second-order valence-electron chi connectivity index (χ2n) is 7.69. The Labute approximate surface area is 199 Å². The Bertz CT molecular complexity index is 1270. The number of halogens is 1. The lowest BCUT2D eigenvalue weighted by Crippen LogP contribution is -2.48. The molecule has 35 heavy (non-hydrogen) atoms. The van der Waals surface area contributed by atoms with Crippen LogP contribution in [0.5, 0.6) is 0 Å². The zero-order chi connectivity index (χ0) is 25.0. The number of nitrogens with two attached hydrogens (primary N) is 1. The lowest BCUT2D eigenvalue weighted by atomic mass is 10.1. The maximum atomic E-state index is 14.1. The number of anilines is 1. The van der Waals surface area contributed by atoms with E-state index in [-0.39, 0.29) is 17.5 Å². The molecule has 1 aliphatic rings. The Kier molecular flexibility index (Phi) is 6.90. The quantitative estimate of drug-likeness (QED) is 0.503. The minimum atomic E-state index is -1.79. The summed E-state index contributed by atoms with van der Waals surface area (Å²) in [6, 6.07) is 16.4. The van der Waals surface area contributed by atoms with Gasteiger partial charge in [0.1, 0.15) is 12.8 Å². The van der Waals surface area contributed by atoms with Gasteiger partial charge in [-0.1, -0.05) is 36.4 Å². The molecule has 4 rings (SSSR count). The maximum absolute atomic E-state index is 14.1. The van der Waals surface area contributed by atoms with E-state index in [1.165, 1.54) is 7.11 Å². The van der Waals surface area contributed by atoms with E-state index in [0.717, 1.165) is 10.8 Å². The number of rotatable bonds is 7. The standard InChI is InChI=1S/C24H22FN3O7/c1-32-24(14-33-21(29)15-8-4-2-5-9-15)18(34-22(30)16-10-6-3-7-11-16)12-19(35-24)28-13-17(25)20(26)27-23(28)31/h2-11,13,18-19H,12,14H2,1H3,(H2,26,27,31)/t18-,19+,24+/m0/s1. The molecule has 2 aromatic carbocycles. The van der Waals surface area contributed by atoms with E-state index in [4.69, 9.17) is 24.7 Å². The van der Waals surface area contributed by atoms with Gasteiger partial charge in [-0.15, -0.1) is 0 Å². The Hall–Kier alpha value is -4.09. The Morgan fingerprint density at radius 1 is 1.11 bits per heavy atom. The van der Waals surface area contributed by atoms with Gasteiger partial charge >= 0.3 is 17.6 Å². The van der Waals surface area contributed by atoms with Crippen molar-refractivity contribution in [3.63, 3.8) is 0 Å². The molecule has 0 radical (unpaired) electrons. The van der Waals surface area contributed by atoms with E-state index in [2.05, 4.69) is 4.98 Å². The molecule has 10 nitrogen and oxygen atoms in total. The SMILES string of the molecule is CO[C@]1(COC(=O)c2ccccc2)O[C@@H](n2cc(F)c(N)nc2=O)C[C@@H]1OC(=O)c1ccccc1. The number of ether oxygens (including phenoxy) is 4. The third kappa shape index (κ3) is 5.05. The van der Waals surface area contributed by atoms with Gasteiger partial charge < -0.3 is 24.7 Å². The van der Waals surface area contributed by atoms with E-state index in [1.54, 1.807) is 60.7 Å². The van der Waals surface area contributed by atoms with Crippen LogP contribution in [0.1, 0.15) is 33.4 Å². The van der Waals surface area contributed by atoms with Crippen molar-refractivity contribution in [2.75, 3.05) is 19.5 Å². The second kappa shape index (κ2) is 10.0. The molecule has 0 aliphatic carbocycles. The van der Waals surface area contributed by atoms with E-state index in [9.17, 15) is 18.8 Å². The Morgan fingerprint density at radius 2 is 1.71 bits per heavy atom. The fraction of sp³-hybridized carbons (Fsp3) is 0.250. The van der Waals surface area contributed by atoms with Crippen molar-refractivity contribution in [2.24, 2.45) is 0 Å². The molecule has 2 N–H and O–H groups in total. The summed E-state index contributed by atoms with van der Waals surface area (Å²) in [6.45, 7) is -0.486. The van der Waals surface area contributed by atoms with Crippen molar-refractivity contribution in [3.8, 4) is 0 Å². The Morgan fingerprint density at radius 3 is 2.31 bits per heavy atom. The third-order valence-electron chi connectivity index (χ3n) is 5.50. The number of hydrogen-bond acceptors (Lipinski definition) is 9. The second-order valence-corrected chi connectivity index (χ2v) is 7.69. The van der Waals surface area contributed by atoms with Crippen LogP contribution in [-0.4, -0.2) is 47.1 Å². The van der Waals surface area contributed by atoms with Crippen LogP contribution in [0.15, 0.2) is 71.7 Å². The molecule has 0 unspecified atom stereocenters. The highest BCUT2D eigenvalue weighted by Gasteiger charge is 2.54. The van der Waals surface area contributed by atoms with E-state index < -0.39 is 54.0 Å². The average Bonchev–Trinajstić information content (AvgIpc) is 3.24. The lowest BCUT2D eigenvalue weighted by Gasteiger charge is -2.31. The van der Waals surface area contributed by atoms with Crippen LogP contribution in [-0.2, 0) is 18.9 Å². The molecule has 1 aromatic heterocycles. The smallest absolute Gasteiger partial charge is 0.351 e. The predicted molar refractivity (Wildman–Crippen MR) is 120 cm³/mol. The molecule has 0 spiro atoms. The largest absolute Gasteiger partial charge is 0.456 e. The minimum absolute atomic E-state index is 0.125. The molecule has 1 aliphatic heterocycles. The number of carbonyl (C=O) groups excluding carboxylic acids is 2. The molecule has 0 bridgehead atoms. The van der Waals surface area contributed by atoms with Crippen LogP contribution in [0, 0.1) is 5.82 Å². The number of nitrogen functional groups attached to an aromatic ring is 1. The minimum Gasteiger partial charge on any atom is -0.456 e. The number of hydrogen-bond donors (Lipinski definition) is 1. The number of esters is 2. The number of methoxy groups -OCH3 is 1. The first-order valence-electron chi connectivity index (χ1n) is 10.6. The first-order valence-corrected chi connectivity index (χ1v) is 10.6. The van der Waals surface area contributed by atoms with Gasteiger partial charge in [-0.2, -0.15) is 4.98 Å². The van der Waals surface area contributed by atoms with Gasteiger partial charge in [0, 0.05) is 13.5 Å². The molecule has 3 aromatic rings. The predicted octanol–water partition coefficient (Wildman–Crippen LogP) is 2.31. The highest BCUT2D eigenvalue weighted by molar-refractivity contribution is 5.90. The van der Waals surface area contributed by atoms with Crippen LogP contribution in [0.3, 0.4) is 0 Å². The molecule has 1 saturated heterocycles. The summed E-state index contributed by atoms with van der Waals surface area (Å²) in [4.78, 5) is 41.1. The van der Waals surface area contributed by atoms with E-state index in [0.29, 0.717) is 0 Å². The van der Waals surface area contributed by atoms with Crippen LogP contribution in [0.25, 0.3) is 0 Å². The number of benzene rings is 2. The van der Waals surface area contributed by atoms with E-state index >= 15 is 0 Å². The number of aromatic nitrogens is 2. The normalized spacial score (nSPS) is 21.4. The molecular formula is C24H22FN3O7. The zero-order valence-electron chi connectivity index (χ0n) is 18.6. The highest BCUT2D eigenvalue weighted by Crippen LogP contribution is 2.39. The van der Waals surface area contributed by atoms with Gasteiger partial charge in [0.05, 0.1) is 17.3 Å². The summed E-state index contributed by atoms with van der Waals surface area (Å²) in [7, 11) is 1.27. The average molecular weight is 483 g/mol. The van der Waals surface area contributed by atoms with Crippen molar-refractivity contribution < 1.29 is 32.9 Å². The molecule has 2 heterocycles. The van der Waals surface area contributed by atoms with Gasteiger partial charge in [-0.05, 0) is 24.3 Å². The summed E-state index contributed by atoms with van der Waals surface area (Å²) in [6.07, 6.45) is -1.58. The first-order chi connectivity index (χ1) is 16.8. The molecule has 182 valence electrons. The monoisotopic (exact) mass is 483 g/mol. The number of carbonyl (C=O) groups is 2. The van der Waals surface area contributed by atoms with Crippen molar-refractivity contribution in [2.45, 2.75) is 24.5 Å². The van der Waals surface area contributed by atoms with E-state index in [1.807, 2.05) is 0 Å². The van der Waals surface area contributed by atoms with Gasteiger partial charge in [0.2, 0.25) is 5.79 Å². The first kappa shape index (κ1) is 24.0. The molecular weight excluding hydrogens is 461 g/mol. The molecule has 3 atom stereocenters. The van der Waals surface area contributed by atoms with Crippen molar-refractivity contribution in [1.29, 1.82) is 0 Å². The van der Waals surface area contributed by atoms with Crippen molar-refractivity contribution in [3.05, 3.63) is 94.3 Å². The summed E-state index contributed by atoms with van der Waals surface area (Å²) < 4.78 is 37.5. The summed E-state index contributed by atoms with van der Waals surface area (Å²) >= 11 is 0. The summed E-state index contributed by atoms with van der Waals surface area (Å²) in [5.74, 6) is -4.65. The summed E-state index contributed by atoms with van der Waals surface area (Å²) in [5, 5.41) is 0. The van der Waals surface area contributed by atoms with Crippen molar-refractivity contribution in [1.82, 2.24) is 9.55 Å². The zero-order valence-corrected chi connectivity index (χ0v) is 18.6. The highest BCUT2D eigenvalue weighted by atomic mass is 19.1. The third-order valence-corrected chi connectivity index (χ3v) is 5.50. The van der Waals surface area contributed by atoms with Crippen LogP contribution in [0.4, 0.5) is 10.2 Å². The molecule has 0 saturated carbocycles. The fourth-order valence-corrected chi connectivity index (χ4v) is 3.65. The molecule has 11 heteroatoms. The van der Waals surface area contributed by atoms with Gasteiger partial charge in [-0.3, -0.25) is 4.57 Å². The van der Waals surface area contributed by atoms with Gasteiger partial charge in [0.15, 0.2) is 17.7 Å². The Balaban J connectivity index is 1.63. The fourth-order valence-electron chi connectivity index (χ4n) is 3.65. The van der Waals surface area contributed by atoms with Crippen LogP contribution >= 0.6 is 0 Å². The molecule has 1 fully saturated rings. The topological polar surface area (TPSA) is 132 Å². The lowest BCUT2D eigenvalue weighted by molar-refractivity contribution is -0.269. The molecule has 0 amide bonds. The van der Waals surface area contributed by atoms with Crippen molar-refractivity contribution >= 4 is 17.8 Å².